The van der Waals surface area contributed by atoms with Gasteiger partial charge in [-0.05, 0) is 68.6 Å². The fourth-order valence-corrected chi connectivity index (χ4v) is 7.97. The molecule has 0 amide bonds. The van der Waals surface area contributed by atoms with Crippen molar-refractivity contribution in [2.75, 3.05) is 73.6 Å². The Balaban J connectivity index is 0.00000176. The second-order valence-electron chi connectivity index (χ2n) is 15.4. The van der Waals surface area contributed by atoms with Crippen molar-refractivity contribution < 1.29 is 38.3 Å². The van der Waals surface area contributed by atoms with Crippen LogP contribution in [0, 0.1) is 18.3 Å². The minimum atomic E-state index is -1.32. The maximum atomic E-state index is 12.3. The summed E-state index contributed by atoms with van der Waals surface area (Å²) in [6, 6.07) is 4.15. The van der Waals surface area contributed by atoms with E-state index in [9.17, 15) is 5.11 Å². The number of rotatable bonds is 17. The summed E-state index contributed by atoms with van der Waals surface area (Å²) < 4.78 is 41.5. The molecule has 10 heteroatoms. The summed E-state index contributed by atoms with van der Waals surface area (Å²) >= 11 is 0. The molecule has 0 aromatic heterocycles. The lowest BCUT2D eigenvalue weighted by molar-refractivity contribution is -0.162. The molecule has 4 aliphatic rings. The Morgan fingerprint density at radius 2 is 1.58 bits per heavy atom. The van der Waals surface area contributed by atoms with Crippen LogP contribution in [0.2, 0.25) is 0 Å². The second kappa shape index (κ2) is 19.0. The SMILES string of the molecule is C=C(COCCOCCOCCOC)Oc1ccc(C)c2c1O[C@H]1C(OC)C(N)(C(C)(O)C(C)(C)C)C=C3C(C)N(CC4CC4)CCC321.CC.CC. The molecule has 1 saturated heterocycles. The minimum Gasteiger partial charge on any atom is -0.482 e. The highest BCUT2D eigenvalue weighted by Crippen LogP contribution is 2.62. The number of nitrogens with two attached hydrogens (primary N) is 1. The van der Waals surface area contributed by atoms with Gasteiger partial charge in [0.05, 0.1) is 56.2 Å². The van der Waals surface area contributed by atoms with Crippen molar-refractivity contribution in [1.82, 2.24) is 4.90 Å². The van der Waals surface area contributed by atoms with E-state index in [1.807, 2.05) is 61.5 Å². The van der Waals surface area contributed by atoms with Crippen molar-refractivity contribution in [1.29, 1.82) is 0 Å². The molecule has 1 spiro atoms. The number of hydrogen-bond donors (Lipinski definition) is 2. The molecule has 2 fully saturated rings. The predicted octanol–water partition coefficient (Wildman–Crippen LogP) is 6.59. The number of benzene rings is 1. The van der Waals surface area contributed by atoms with Crippen LogP contribution in [0.3, 0.4) is 0 Å². The van der Waals surface area contributed by atoms with Gasteiger partial charge in [0.1, 0.15) is 24.6 Å². The zero-order valence-electron chi connectivity index (χ0n) is 34.6. The number of piperidine rings is 1. The lowest BCUT2D eigenvalue weighted by atomic mass is 9.52. The van der Waals surface area contributed by atoms with Crippen LogP contribution >= 0.6 is 0 Å². The first kappa shape index (κ1) is 44.4. The van der Waals surface area contributed by atoms with Crippen molar-refractivity contribution in [3.05, 3.63) is 47.2 Å². The van der Waals surface area contributed by atoms with E-state index in [1.165, 1.54) is 18.4 Å². The van der Waals surface area contributed by atoms with E-state index < -0.39 is 34.2 Å². The smallest absolute Gasteiger partial charge is 0.169 e. The molecule has 298 valence electrons. The maximum absolute atomic E-state index is 12.3. The number of hydrogen-bond acceptors (Lipinski definition) is 10. The van der Waals surface area contributed by atoms with Crippen molar-refractivity contribution in [2.45, 2.75) is 123 Å². The second-order valence-corrected chi connectivity index (χ2v) is 15.4. The Morgan fingerprint density at radius 3 is 2.13 bits per heavy atom. The standard InChI is InChI=1S/C38H60N2O8.2C2H6/c1-25-10-13-30(47-26(2)24-46-21-20-45-19-18-44-17-16-42-8)32-31(25)37-14-15-40(23-28-11-12-28)27(3)29(37)22-38(39,34(43-9)33(37)48-32)36(7,41)35(4,5)6;2*1-2/h10,13,22,27-28,33-34,41H,2,11-12,14-21,23-24,39H2,1,3-9H3;2*1-2H3/t27?,33-,34?,36?,37?,38?;;/m0../s1. The van der Waals surface area contributed by atoms with Crippen molar-refractivity contribution in [3.8, 4) is 11.5 Å². The lowest BCUT2D eigenvalue weighted by Crippen LogP contribution is -2.77. The Labute approximate surface area is 315 Å². The van der Waals surface area contributed by atoms with E-state index in [4.69, 9.17) is 38.9 Å². The molecule has 0 radical (unpaired) electrons. The molecule has 5 unspecified atom stereocenters. The molecule has 10 nitrogen and oxygen atoms in total. The molecule has 52 heavy (non-hydrogen) atoms. The summed E-state index contributed by atoms with van der Waals surface area (Å²) in [7, 11) is 3.33. The molecule has 2 heterocycles. The number of fused-ring (bicyclic) bond motifs is 1. The molecule has 5 rings (SSSR count). The lowest BCUT2D eigenvalue weighted by Gasteiger charge is -2.60. The molecule has 3 N–H and O–H groups in total. The normalized spacial score (nSPS) is 27.7. The van der Waals surface area contributed by atoms with Crippen LogP contribution in [-0.2, 0) is 29.1 Å². The van der Waals surface area contributed by atoms with Gasteiger partial charge in [0.25, 0.3) is 0 Å². The third kappa shape index (κ3) is 8.92. The molecular weight excluding hydrogens is 660 g/mol. The van der Waals surface area contributed by atoms with E-state index in [1.54, 1.807) is 14.2 Å². The minimum absolute atomic E-state index is 0.111. The zero-order valence-corrected chi connectivity index (χ0v) is 34.6. The topological polar surface area (TPSA) is 114 Å². The summed E-state index contributed by atoms with van der Waals surface area (Å²) in [5.74, 6) is 2.50. The van der Waals surface area contributed by atoms with Crippen LogP contribution < -0.4 is 15.2 Å². The van der Waals surface area contributed by atoms with Gasteiger partial charge in [0.2, 0.25) is 0 Å². The molecule has 2 aliphatic heterocycles. The molecule has 1 aromatic rings. The molecular formula is C42H72N2O8. The summed E-state index contributed by atoms with van der Waals surface area (Å²) in [5, 5.41) is 12.3. The predicted molar refractivity (Wildman–Crippen MR) is 208 cm³/mol. The van der Waals surface area contributed by atoms with Crippen molar-refractivity contribution >= 4 is 0 Å². The number of likely N-dealkylation sites (tertiary alicyclic amines) is 1. The third-order valence-electron chi connectivity index (χ3n) is 11.4. The monoisotopic (exact) mass is 733 g/mol. The maximum Gasteiger partial charge on any atom is 0.169 e. The van der Waals surface area contributed by atoms with Gasteiger partial charge < -0.3 is 44.0 Å². The van der Waals surface area contributed by atoms with Crippen LogP contribution in [0.25, 0.3) is 0 Å². The molecule has 6 atom stereocenters. The van der Waals surface area contributed by atoms with E-state index in [2.05, 4.69) is 37.5 Å². The fraction of sp³-hybridized carbons (Fsp3) is 0.762. The molecule has 2 aliphatic carbocycles. The highest BCUT2D eigenvalue weighted by molar-refractivity contribution is 5.64. The van der Waals surface area contributed by atoms with Gasteiger partial charge in [-0.3, -0.25) is 4.90 Å². The Morgan fingerprint density at radius 1 is 0.981 bits per heavy atom. The number of ether oxygens (including phenoxy) is 7. The largest absolute Gasteiger partial charge is 0.482 e. The van der Waals surface area contributed by atoms with Crippen LogP contribution in [0.1, 0.15) is 92.7 Å². The first-order valence-electron chi connectivity index (χ1n) is 19.6. The number of nitrogens with zero attached hydrogens (tertiary/aromatic N) is 1. The van der Waals surface area contributed by atoms with Gasteiger partial charge in [-0.1, -0.05) is 67.2 Å². The van der Waals surface area contributed by atoms with Gasteiger partial charge in [-0.2, -0.15) is 0 Å². The van der Waals surface area contributed by atoms with Gasteiger partial charge in [0, 0.05) is 38.9 Å². The Kier molecular flexibility index (Phi) is 16.2. The molecule has 1 saturated carbocycles. The Hall–Kier alpha value is -2.02. The molecule has 0 bridgehead atoms. The van der Waals surface area contributed by atoms with Crippen molar-refractivity contribution in [3.63, 3.8) is 0 Å². The summed E-state index contributed by atoms with van der Waals surface area (Å²) in [6.07, 6.45) is 4.50. The van der Waals surface area contributed by atoms with Gasteiger partial charge in [-0.25, -0.2) is 0 Å². The fourth-order valence-electron chi connectivity index (χ4n) is 7.97. The van der Waals surface area contributed by atoms with E-state index in [0.717, 1.165) is 36.6 Å². The average Bonchev–Trinajstić information content (AvgIpc) is 3.87. The van der Waals surface area contributed by atoms with Crippen LogP contribution in [0.15, 0.2) is 36.1 Å². The molecule has 1 aromatic carbocycles. The first-order chi connectivity index (χ1) is 24.7. The number of methoxy groups -OCH3 is 2. The third-order valence-corrected chi connectivity index (χ3v) is 11.4. The van der Waals surface area contributed by atoms with E-state index in [-0.39, 0.29) is 12.6 Å². The summed E-state index contributed by atoms with van der Waals surface area (Å²) in [4.78, 5) is 2.59. The van der Waals surface area contributed by atoms with Gasteiger partial charge in [0.15, 0.2) is 11.5 Å². The summed E-state index contributed by atoms with van der Waals surface area (Å²) in [6.45, 7) is 29.7. The number of aliphatic hydroxyl groups is 1. The average molecular weight is 733 g/mol. The highest BCUT2D eigenvalue weighted by atomic mass is 16.6. The quantitative estimate of drug-likeness (QED) is 0.103. The van der Waals surface area contributed by atoms with E-state index >= 15 is 0 Å². The van der Waals surface area contributed by atoms with E-state index in [0.29, 0.717) is 56.9 Å². The highest BCUT2D eigenvalue weighted by Gasteiger charge is 2.69. The van der Waals surface area contributed by atoms with Crippen molar-refractivity contribution in [2.24, 2.45) is 17.1 Å². The van der Waals surface area contributed by atoms with Gasteiger partial charge >= 0.3 is 0 Å². The van der Waals surface area contributed by atoms with Crippen LogP contribution in [0.5, 0.6) is 11.5 Å². The number of aryl methyl sites for hydroxylation is 1. The van der Waals surface area contributed by atoms with Gasteiger partial charge in [-0.15, -0.1) is 0 Å². The first-order valence-corrected chi connectivity index (χ1v) is 19.6. The summed E-state index contributed by atoms with van der Waals surface area (Å²) in [5.41, 5.74) is 7.30. The van der Waals surface area contributed by atoms with Crippen LogP contribution in [0.4, 0.5) is 0 Å². The Bertz CT molecular complexity index is 1320. The zero-order chi connectivity index (χ0) is 38.9. The van der Waals surface area contributed by atoms with Crippen LogP contribution in [-0.4, -0.2) is 113 Å².